The molecular weight excluding hydrogens is 334 g/mol. The fourth-order valence-electron chi connectivity index (χ4n) is 3.05. The first-order valence-electron chi connectivity index (χ1n) is 9.55. The Morgan fingerprint density at radius 1 is 0.963 bits per heavy atom. The molecule has 0 aliphatic carbocycles. The lowest BCUT2D eigenvalue weighted by Gasteiger charge is -2.24. The monoisotopic (exact) mass is 361 g/mol. The number of para-hydroxylation sites is 1. The lowest BCUT2D eigenvalue weighted by atomic mass is 10.2. The zero-order chi connectivity index (χ0) is 18.9. The van der Waals surface area contributed by atoms with E-state index in [0.29, 0.717) is 6.54 Å². The third kappa shape index (κ3) is 5.48. The first-order valence-corrected chi connectivity index (χ1v) is 9.55. The van der Waals surface area contributed by atoms with Gasteiger partial charge in [0.05, 0.1) is 6.54 Å². The number of benzene rings is 2. The van der Waals surface area contributed by atoms with Crippen molar-refractivity contribution in [3.05, 3.63) is 90.3 Å². The summed E-state index contributed by atoms with van der Waals surface area (Å²) in [6.45, 7) is 4.29. The van der Waals surface area contributed by atoms with Crippen LogP contribution < -0.4 is 5.32 Å². The Kier molecular flexibility index (Phi) is 6.69. The van der Waals surface area contributed by atoms with Crippen LogP contribution in [0.2, 0.25) is 0 Å². The first-order chi connectivity index (χ1) is 13.3. The fourth-order valence-corrected chi connectivity index (χ4v) is 3.05. The topological polar surface area (TPSA) is 37.3 Å². The third-order valence-electron chi connectivity index (χ3n) is 4.57. The van der Waals surface area contributed by atoms with E-state index in [1.807, 2.05) is 47.4 Å². The van der Waals surface area contributed by atoms with Crippen LogP contribution in [0.4, 0.5) is 10.5 Å². The quantitative estimate of drug-likeness (QED) is 0.575. The van der Waals surface area contributed by atoms with Gasteiger partial charge in [-0.3, -0.25) is 0 Å². The van der Waals surface area contributed by atoms with Crippen molar-refractivity contribution in [2.24, 2.45) is 0 Å². The second-order valence-electron chi connectivity index (χ2n) is 6.68. The molecule has 1 heterocycles. The van der Waals surface area contributed by atoms with Gasteiger partial charge in [-0.25, -0.2) is 4.79 Å². The molecule has 1 N–H and O–H groups in total. The van der Waals surface area contributed by atoms with Crippen molar-refractivity contribution in [1.82, 2.24) is 9.47 Å². The molecule has 0 spiro atoms. The van der Waals surface area contributed by atoms with Gasteiger partial charge in [-0.1, -0.05) is 61.9 Å². The maximum Gasteiger partial charge on any atom is 0.322 e. The zero-order valence-corrected chi connectivity index (χ0v) is 15.8. The maximum atomic E-state index is 12.8. The number of unbranched alkanes of at least 4 members (excludes halogenated alkanes) is 1. The average Bonchev–Trinajstić information content (AvgIpc) is 3.13. The Morgan fingerprint density at radius 3 is 2.37 bits per heavy atom. The molecule has 4 heteroatoms. The van der Waals surface area contributed by atoms with Crippen LogP contribution in [0.5, 0.6) is 0 Å². The van der Waals surface area contributed by atoms with Gasteiger partial charge in [-0.15, -0.1) is 0 Å². The summed E-state index contributed by atoms with van der Waals surface area (Å²) in [4.78, 5) is 14.7. The number of anilines is 1. The SMILES string of the molecule is CCCCN(Cc1cccn1Cc1ccccc1)C(=O)Nc1ccccc1. The summed E-state index contributed by atoms with van der Waals surface area (Å²) in [7, 11) is 0. The largest absolute Gasteiger partial charge is 0.345 e. The molecule has 140 valence electrons. The van der Waals surface area contributed by atoms with Gasteiger partial charge in [0.2, 0.25) is 0 Å². The van der Waals surface area contributed by atoms with Crippen molar-refractivity contribution in [2.75, 3.05) is 11.9 Å². The van der Waals surface area contributed by atoms with Crippen LogP contribution in [0.25, 0.3) is 0 Å². The molecule has 2 amide bonds. The molecule has 4 nitrogen and oxygen atoms in total. The number of aromatic nitrogens is 1. The van der Waals surface area contributed by atoms with Gasteiger partial charge >= 0.3 is 6.03 Å². The van der Waals surface area contributed by atoms with Gasteiger partial charge in [-0.05, 0) is 36.2 Å². The van der Waals surface area contributed by atoms with Crippen molar-refractivity contribution in [1.29, 1.82) is 0 Å². The average molecular weight is 361 g/mol. The lowest BCUT2D eigenvalue weighted by Crippen LogP contribution is -2.35. The summed E-state index contributed by atoms with van der Waals surface area (Å²) in [5.74, 6) is 0. The number of carbonyl (C=O) groups is 1. The molecule has 1 aromatic heterocycles. The van der Waals surface area contributed by atoms with Crippen LogP contribution in [0.3, 0.4) is 0 Å². The highest BCUT2D eigenvalue weighted by atomic mass is 16.2. The minimum Gasteiger partial charge on any atom is -0.345 e. The summed E-state index contributed by atoms with van der Waals surface area (Å²) in [5, 5.41) is 3.01. The van der Waals surface area contributed by atoms with Crippen LogP contribution in [0.1, 0.15) is 31.0 Å². The molecule has 2 aromatic carbocycles. The van der Waals surface area contributed by atoms with Crippen molar-refractivity contribution in [3.8, 4) is 0 Å². The summed E-state index contributed by atoms with van der Waals surface area (Å²) >= 11 is 0. The van der Waals surface area contributed by atoms with Gasteiger partial charge in [0, 0.05) is 30.7 Å². The normalized spacial score (nSPS) is 10.6. The number of hydrogen-bond donors (Lipinski definition) is 1. The maximum absolute atomic E-state index is 12.8. The minimum atomic E-state index is -0.0536. The minimum absolute atomic E-state index is 0.0536. The van der Waals surface area contributed by atoms with Crippen LogP contribution in [-0.4, -0.2) is 22.0 Å². The summed E-state index contributed by atoms with van der Waals surface area (Å²) in [6, 6.07) is 24.1. The molecule has 0 bridgehead atoms. The predicted octanol–water partition coefficient (Wildman–Crippen LogP) is 5.37. The molecule has 0 aliphatic heterocycles. The van der Waals surface area contributed by atoms with E-state index >= 15 is 0 Å². The summed E-state index contributed by atoms with van der Waals surface area (Å²) in [6.07, 6.45) is 4.12. The highest BCUT2D eigenvalue weighted by Crippen LogP contribution is 2.13. The lowest BCUT2D eigenvalue weighted by molar-refractivity contribution is 0.207. The van der Waals surface area contributed by atoms with Crippen molar-refractivity contribution >= 4 is 11.7 Å². The summed E-state index contributed by atoms with van der Waals surface area (Å²) in [5.41, 5.74) is 3.21. The van der Waals surface area contributed by atoms with Crippen molar-refractivity contribution in [3.63, 3.8) is 0 Å². The van der Waals surface area contributed by atoms with Gasteiger partial charge in [0.15, 0.2) is 0 Å². The Bertz CT molecular complexity index is 827. The van der Waals surface area contributed by atoms with Crippen LogP contribution in [-0.2, 0) is 13.1 Å². The number of nitrogens with zero attached hydrogens (tertiary/aromatic N) is 2. The number of urea groups is 1. The molecule has 0 saturated carbocycles. The van der Waals surface area contributed by atoms with E-state index in [1.165, 1.54) is 5.56 Å². The molecule has 0 unspecified atom stereocenters. The summed E-state index contributed by atoms with van der Waals surface area (Å²) < 4.78 is 2.21. The molecule has 0 radical (unpaired) electrons. The van der Waals surface area contributed by atoms with Gasteiger partial charge < -0.3 is 14.8 Å². The smallest absolute Gasteiger partial charge is 0.322 e. The van der Waals surface area contributed by atoms with E-state index in [9.17, 15) is 4.79 Å². The first kappa shape index (κ1) is 18.8. The van der Waals surface area contributed by atoms with Gasteiger partial charge in [0.1, 0.15) is 0 Å². The van der Waals surface area contributed by atoms with E-state index in [4.69, 9.17) is 0 Å². The molecule has 0 saturated heterocycles. The molecule has 0 aliphatic rings. The molecule has 3 rings (SSSR count). The molecular formula is C23H27N3O. The van der Waals surface area contributed by atoms with Crippen LogP contribution in [0.15, 0.2) is 79.0 Å². The van der Waals surface area contributed by atoms with Crippen LogP contribution >= 0.6 is 0 Å². The molecule has 0 fully saturated rings. The Labute approximate surface area is 161 Å². The third-order valence-corrected chi connectivity index (χ3v) is 4.57. The van der Waals surface area contributed by atoms with Crippen LogP contribution in [0, 0.1) is 0 Å². The second kappa shape index (κ2) is 9.62. The fraction of sp³-hybridized carbons (Fsp3) is 0.261. The molecule has 27 heavy (non-hydrogen) atoms. The number of nitrogens with one attached hydrogen (secondary N) is 1. The molecule has 3 aromatic rings. The van der Waals surface area contributed by atoms with Crippen molar-refractivity contribution in [2.45, 2.75) is 32.9 Å². The van der Waals surface area contributed by atoms with E-state index in [1.54, 1.807) is 0 Å². The predicted molar refractivity (Wildman–Crippen MR) is 111 cm³/mol. The standard InChI is InChI=1S/C23H27N3O/c1-2-3-16-26(23(27)24-21-13-8-5-9-14-21)19-22-15-10-17-25(22)18-20-11-6-4-7-12-20/h4-15,17H,2-3,16,18-19H2,1H3,(H,24,27). The Morgan fingerprint density at radius 2 is 1.67 bits per heavy atom. The van der Waals surface area contributed by atoms with E-state index < -0.39 is 0 Å². The second-order valence-corrected chi connectivity index (χ2v) is 6.68. The van der Waals surface area contributed by atoms with Gasteiger partial charge in [-0.2, -0.15) is 0 Å². The van der Waals surface area contributed by atoms with Crippen molar-refractivity contribution < 1.29 is 4.79 Å². The van der Waals surface area contributed by atoms with E-state index in [0.717, 1.165) is 37.3 Å². The zero-order valence-electron chi connectivity index (χ0n) is 15.8. The number of rotatable bonds is 8. The Hall–Kier alpha value is -3.01. The highest BCUT2D eigenvalue weighted by Gasteiger charge is 2.15. The number of amides is 2. The van der Waals surface area contributed by atoms with Gasteiger partial charge in [0.25, 0.3) is 0 Å². The van der Waals surface area contributed by atoms with E-state index in [2.05, 4.69) is 53.3 Å². The molecule has 0 atom stereocenters. The van der Waals surface area contributed by atoms with E-state index in [-0.39, 0.29) is 6.03 Å². The highest BCUT2D eigenvalue weighted by molar-refractivity contribution is 5.89. The number of hydrogen-bond acceptors (Lipinski definition) is 1. The number of carbonyl (C=O) groups excluding carboxylic acids is 1. The Balaban J connectivity index is 1.71.